The number of aldehydes is 1. The molecule has 0 radical (unpaired) electrons. The topological polar surface area (TPSA) is 17.1 Å². The van der Waals surface area contributed by atoms with Crippen LogP contribution in [0.1, 0.15) is 15.9 Å². The minimum atomic E-state index is 0.822. The second-order valence-electron chi connectivity index (χ2n) is 7.72. The molecule has 7 aromatic carbocycles. The molecule has 124 valence electrons. The number of aryl methyl sites for hydroxylation is 1. The Labute approximate surface area is 154 Å². The standard InChI is InChI=1S/C26H14O/c1-13-18-10-8-16-6-4-14-2-3-15-5-7-17-9-11-19(20(13)12-27)26-24(17)22(15)21(14)23(16)25(18)26/h2-12H,1H3. The maximum Gasteiger partial charge on any atom is 0.150 e. The Morgan fingerprint density at radius 2 is 0.889 bits per heavy atom. The first-order chi connectivity index (χ1) is 13.3. The minimum absolute atomic E-state index is 0.822. The summed E-state index contributed by atoms with van der Waals surface area (Å²) in [4.78, 5) is 12.0. The lowest BCUT2D eigenvalue weighted by Crippen LogP contribution is -1.97. The molecule has 0 atom stereocenters. The molecular weight excluding hydrogens is 328 g/mol. The highest BCUT2D eigenvalue weighted by Gasteiger charge is 2.22. The van der Waals surface area contributed by atoms with E-state index in [4.69, 9.17) is 0 Å². The molecule has 0 aliphatic carbocycles. The number of carbonyl (C=O) groups is 1. The van der Waals surface area contributed by atoms with Crippen molar-refractivity contribution in [2.45, 2.75) is 6.92 Å². The second kappa shape index (κ2) is 4.27. The van der Waals surface area contributed by atoms with Crippen molar-refractivity contribution in [1.29, 1.82) is 0 Å². The van der Waals surface area contributed by atoms with E-state index in [2.05, 4.69) is 67.6 Å². The molecule has 7 aromatic rings. The average molecular weight is 342 g/mol. The van der Waals surface area contributed by atoms with E-state index in [0.29, 0.717) is 0 Å². The number of rotatable bonds is 1. The number of benzene rings is 7. The first kappa shape index (κ1) is 13.7. The van der Waals surface area contributed by atoms with Gasteiger partial charge in [0.15, 0.2) is 6.29 Å². The van der Waals surface area contributed by atoms with Crippen LogP contribution in [0.2, 0.25) is 0 Å². The van der Waals surface area contributed by atoms with Crippen LogP contribution >= 0.6 is 0 Å². The zero-order valence-corrected chi connectivity index (χ0v) is 14.8. The van der Waals surface area contributed by atoms with Gasteiger partial charge >= 0.3 is 0 Å². The first-order valence-corrected chi connectivity index (χ1v) is 9.33. The first-order valence-electron chi connectivity index (χ1n) is 9.33. The van der Waals surface area contributed by atoms with Gasteiger partial charge in [0, 0.05) is 5.56 Å². The van der Waals surface area contributed by atoms with Crippen LogP contribution < -0.4 is 0 Å². The van der Waals surface area contributed by atoms with Crippen molar-refractivity contribution in [3.63, 3.8) is 0 Å². The Hall–Kier alpha value is -3.45. The summed E-state index contributed by atoms with van der Waals surface area (Å²) in [5.41, 5.74) is 1.90. The molecule has 0 fully saturated rings. The minimum Gasteiger partial charge on any atom is -0.298 e. The molecule has 0 N–H and O–H groups in total. The predicted molar refractivity (Wildman–Crippen MR) is 115 cm³/mol. The van der Waals surface area contributed by atoms with Gasteiger partial charge in [-0.15, -0.1) is 0 Å². The van der Waals surface area contributed by atoms with E-state index in [-0.39, 0.29) is 0 Å². The van der Waals surface area contributed by atoms with E-state index in [1.165, 1.54) is 59.2 Å². The van der Waals surface area contributed by atoms with Crippen molar-refractivity contribution >= 4 is 70.9 Å². The van der Waals surface area contributed by atoms with Crippen molar-refractivity contribution < 1.29 is 4.79 Å². The van der Waals surface area contributed by atoms with Gasteiger partial charge in [-0.3, -0.25) is 4.79 Å². The van der Waals surface area contributed by atoms with Crippen LogP contribution in [-0.2, 0) is 0 Å². The van der Waals surface area contributed by atoms with Crippen molar-refractivity contribution in [3.8, 4) is 0 Å². The summed E-state index contributed by atoms with van der Waals surface area (Å²) in [6.45, 7) is 2.08. The lowest BCUT2D eigenvalue weighted by Gasteiger charge is -2.22. The second-order valence-corrected chi connectivity index (χ2v) is 7.72. The van der Waals surface area contributed by atoms with Crippen LogP contribution in [0, 0.1) is 6.92 Å². The average Bonchev–Trinajstić information content (AvgIpc) is 2.72. The Balaban J connectivity index is 2.07. The van der Waals surface area contributed by atoms with Crippen LogP contribution in [0.25, 0.3) is 64.6 Å². The molecular formula is C26H14O. The van der Waals surface area contributed by atoms with Crippen LogP contribution in [0.5, 0.6) is 0 Å². The van der Waals surface area contributed by atoms with Crippen molar-refractivity contribution in [1.82, 2.24) is 0 Å². The highest BCUT2D eigenvalue weighted by molar-refractivity contribution is 6.45. The maximum atomic E-state index is 12.0. The van der Waals surface area contributed by atoms with Crippen molar-refractivity contribution in [2.75, 3.05) is 0 Å². The Kier molecular flexibility index (Phi) is 2.17. The highest BCUT2D eigenvalue weighted by Crippen LogP contribution is 2.49. The molecule has 0 aliphatic rings. The van der Waals surface area contributed by atoms with Gasteiger partial charge in [-0.25, -0.2) is 0 Å². The summed E-state index contributed by atoms with van der Waals surface area (Å²) in [5.74, 6) is 0. The highest BCUT2D eigenvalue weighted by atomic mass is 16.1. The van der Waals surface area contributed by atoms with E-state index >= 15 is 0 Å². The SMILES string of the molecule is Cc1c(C=O)c2ccc3ccc4ccc5ccc6ccc1c1c6c5c4c3c21. The van der Waals surface area contributed by atoms with Gasteiger partial charge in [0.25, 0.3) is 0 Å². The van der Waals surface area contributed by atoms with E-state index < -0.39 is 0 Å². The van der Waals surface area contributed by atoms with Gasteiger partial charge in [-0.1, -0.05) is 60.7 Å². The molecule has 1 nitrogen and oxygen atoms in total. The smallest absolute Gasteiger partial charge is 0.150 e. The Morgan fingerprint density at radius 1 is 0.519 bits per heavy atom. The normalized spacial score (nSPS) is 12.8. The van der Waals surface area contributed by atoms with Crippen molar-refractivity contribution in [2.24, 2.45) is 0 Å². The van der Waals surface area contributed by atoms with Crippen molar-refractivity contribution in [3.05, 3.63) is 71.8 Å². The van der Waals surface area contributed by atoms with E-state index in [1.54, 1.807) is 0 Å². The summed E-state index contributed by atoms with van der Waals surface area (Å²) in [5, 5.41) is 15.2. The molecule has 7 rings (SSSR count). The molecule has 0 amide bonds. The summed E-state index contributed by atoms with van der Waals surface area (Å²) in [6.07, 6.45) is 1.03. The molecule has 0 aromatic heterocycles. The Bertz CT molecular complexity index is 1680. The van der Waals surface area contributed by atoms with E-state index in [1.807, 2.05) is 0 Å². The van der Waals surface area contributed by atoms with Gasteiger partial charge in [-0.05, 0) is 77.1 Å². The molecule has 27 heavy (non-hydrogen) atoms. The number of carbonyl (C=O) groups excluding carboxylic acids is 1. The third-order valence-corrected chi connectivity index (χ3v) is 6.60. The summed E-state index contributed by atoms with van der Waals surface area (Å²) >= 11 is 0. The summed E-state index contributed by atoms with van der Waals surface area (Å²) < 4.78 is 0. The fourth-order valence-electron chi connectivity index (χ4n) is 5.42. The predicted octanol–water partition coefficient (Wildman–Crippen LogP) is 7.04. The van der Waals surface area contributed by atoms with Gasteiger partial charge in [0.1, 0.15) is 0 Å². The van der Waals surface area contributed by atoms with Crippen LogP contribution in [0.15, 0.2) is 60.7 Å². The molecule has 0 spiro atoms. The zero-order chi connectivity index (χ0) is 17.9. The van der Waals surface area contributed by atoms with Crippen LogP contribution in [0.4, 0.5) is 0 Å². The quantitative estimate of drug-likeness (QED) is 0.178. The molecule has 0 bridgehead atoms. The molecule has 0 saturated heterocycles. The zero-order valence-electron chi connectivity index (χ0n) is 14.8. The lowest BCUT2D eigenvalue weighted by atomic mass is 9.80. The summed E-state index contributed by atoms with van der Waals surface area (Å²) in [6, 6.07) is 22.1. The van der Waals surface area contributed by atoms with Gasteiger partial charge in [0.2, 0.25) is 0 Å². The third kappa shape index (κ3) is 1.36. The van der Waals surface area contributed by atoms with Gasteiger partial charge in [0.05, 0.1) is 0 Å². The Morgan fingerprint density at radius 3 is 1.37 bits per heavy atom. The molecule has 0 unspecified atom stereocenters. The monoisotopic (exact) mass is 342 g/mol. The van der Waals surface area contributed by atoms with E-state index in [9.17, 15) is 4.79 Å². The van der Waals surface area contributed by atoms with Gasteiger partial charge in [-0.2, -0.15) is 0 Å². The third-order valence-electron chi connectivity index (χ3n) is 6.60. The number of hydrogen-bond acceptors (Lipinski definition) is 1. The largest absolute Gasteiger partial charge is 0.298 e. The van der Waals surface area contributed by atoms with Crippen LogP contribution in [0.3, 0.4) is 0 Å². The van der Waals surface area contributed by atoms with Gasteiger partial charge < -0.3 is 0 Å². The molecule has 1 heteroatoms. The summed E-state index contributed by atoms with van der Waals surface area (Å²) in [7, 11) is 0. The fourth-order valence-corrected chi connectivity index (χ4v) is 5.42. The molecule has 0 aliphatic heterocycles. The van der Waals surface area contributed by atoms with E-state index in [0.717, 1.165) is 22.8 Å². The van der Waals surface area contributed by atoms with Crippen LogP contribution in [-0.4, -0.2) is 6.29 Å². The molecule has 0 saturated carbocycles. The fraction of sp³-hybridized carbons (Fsp3) is 0.0385. The molecule has 0 heterocycles. The number of hydrogen-bond donors (Lipinski definition) is 0. The lowest BCUT2D eigenvalue weighted by molar-refractivity contribution is 0.112. The maximum absolute atomic E-state index is 12.0.